The lowest BCUT2D eigenvalue weighted by atomic mass is 10.1. The molecule has 0 unspecified atom stereocenters. The largest absolute Gasteiger partial charge is 0.0844 e. The molecule has 1 aromatic rings. The molecule has 0 heterocycles. The van der Waals surface area contributed by atoms with E-state index in [0.717, 1.165) is 6.42 Å². The molecular weight excluding hydrogens is 156 g/mol. The predicted molar refractivity (Wildman–Crippen MR) is 57.6 cm³/mol. The van der Waals surface area contributed by atoms with Crippen molar-refractivity contribution >= 4 is 6.08 Å². The topological polar surface area (TPSA) is 0 Å². The highest BCUT2D eigenvalue weighted by Crippen LogP contribution is 2.28. The van der Waals surface area contributed by atoms with Crippen molar-refractivity contribution < 1.29 is 0 Å². The Balaban J connectivity index is 2.36. The molecule has 1 aliphatic rings. The Morgan fingerprint density at radius 3 is 2.77 bits per heavy atom. The van der Waals surface area contributed by atoms with Crippen LogP contribution in [0.4, 0.5) is 0 Å². The van der Waals surface area contributed by atoms with E-state index in [2.05, 4.69) is 50.3 Å². The average Bonchev–Trinajstić information content (AvgIpc) is 2.59. The van der Waals surface area contributed by atoms with Crippen LogP contribution >= 0.6 is 0 Å². The van der Waals surface area contributed by atoms with Crippen molar-refractivity contribution in [3.05, 3.63) is 52.6 Å². The quantitative estimate of drug-likeness (QED) is 0.604. The molecule has 0 aromatic heterocycles. The standard InChI is InChI=1S/C13H14/c1-3-10(2)13-8-11-6-4-5-7-12(11)9-13/h3-8H,9H2,1-2H3/b10-3+. The first-order valence-corrected chi connectivity index (χ1v) is 4.73. The smallest absolute Gasteiger partial charge is 0.00171 e. The monoisotopic (exact) mass is 170 g/mol. The van der Waals surface area contributed by atoms with Gasteiger partial charge >= 0.3 is 0 Å². The summed E-state index contributed by atoms with van der Waals surface area (Å²) in [5, 5.41) is 0. The zero-order valence-electron chi connectivity index (χ0n) is 8.17. The third-order valence-electron chi connectivity index (χ3n) is 2.71. The molecule has 0 aliphatic heterocycles. The van der Waals surface area contributed by atoms with Gasteiger partial charge in [-0.3, -0.25) is 0 Å². The summed E-state index contributed by atoms with van der Waals surface area (Å²) in [5.74, 6) is 0. The fraction of sp³-hybridized carbons (Fsp3) is 0.231. The molecule has 0 radical (unpaired) electrons. The highest BCUT2D eigenvalue weighted by Gasteiger charge is 2.11. The van der Waals surface area contributed by atoms with Crippen molar-refractivity contribution in [3.8, 4) is 0 Å². The molecule has 1 aliphatic carbocycles. The molecular formula is C13H14. The van der Waals surface area contributed by atoms with Crippen molar-refractivity contribution in [1.82, 2.24) is 0 Å². The Kier molecular flexibility index (Phi) is 2.05. The van der Waals surface area contributed by atoms with E-state index in [0.29, 0.717) is 0 Å². The van der Waals surface area contributed by atoms with Gasteiger partial charge in [0, 0.05) is 0 Å². The van der Waals surface area contributed by atoms with Gasteiger partial charge < -0.3 is 0 Å². The van der Waals surface area contributed by atoms with E-state index < -0.39 is 0 Å². The van der Waals surface area contributed by atoms with Gasteiger partial charge in [0.05, 0.1) is 0 Å². The molecule has 0 fully saturated rings. The lowest BCUT2D eigenvalue weighted by molar-refractivity contribution is 1.19. The van der Waals surface area contributed by atoms with E-state index in [1.165, 1.54) is 22.3 Å². The molecule has 66 valence electrons. The van der Waals surface area contributed by atoms with Gasteiger partial charge in [-0.05, 0) is 37.0 Å². The van der Waals surface area contributed by atoms with Gasteiger partial charge in [-0.15, -0.1) is 0 Å². The van der Waals surface area contributed by atoms with E-state index in [9.17, 15) is 0 Å². The Morgan fingerprint density at radius 2 is 2.08 bits per heavy atom. The molecule has 0 bridgehead atoms. The van der Waals surface area contributed by atoms with Crippen LogP contribution in [0.3, 0.4) is 0 Å². The van der Waals surface area contributed by atoms with E-state index in [4.69, 9.17) is 0 Å². The van der Waals surface area contributed by atoms with Crippen LogP contribution in [-0.2, 0) is 6.42 Å². The van der Waals surface area contributed by atoms with Crippen LogP contribution in [0, 0.1) is 0 Å². The van der Waals surface area contributed by atoms with Crippen LogP contribution < -0.4 is 0 Å². The predicted octanol–water partition coefficient (Wildman–Crippen LogP) is 3.59. The molecule has 0 spiro atoms. The molecule has 0 amide bonds. The summed E-state index contributed by atoms with van der Waals surface area (Å²) in [7, 11) is 0. The Bertz CT molecular complexity index is 381. The number of hydrogen-bond acceptors (Lipinski definition) is 0. The number of allylic oxidation sites excluding steroid dienone is 3. The SMILES string of the molecule is C/C=C(\C)C1=Cc2ccccc2C1. The van der Waals surface area contributed by atoms with E-state index in [1.807, 2.05) is 0 Å². The average molecular weight is 170 g/mol. The van der Waals surface area contributed by atoms with Crippen molar-refractivity contribution in [2.75, 3.05) is 0 Å². The maximum atomic E-state index is 2.30. The Hall–Kier alpha value is -1.30. The molecule has 0 N–H and O–H groups in total. The Morgan fingerprint density at radius 1 is 1.31 bits per heavy atom. The molecule has 2 rings (SSSR count). The van der Waals surface area contributed by atoms with Crippen LogP contribution in [-0.4, -0.2) is 0 Å². The zero-order valence-corrected chi connectivity index (χ0v) is 8.17. The molecule has 13 heavy (non-hydrogen) atoms. The normalized spacial score (nSPS) is 15.5. The molecule has 1 aromatic carbocycles. The molecule has 0 nitrogen and oxygen atoms in total. The first-order valence-electron chi connectivity index (χ1n) is 4.73. The van der Waals surface area contributed by atoms with Crippen molar-refractivity contribution in [2.24, 2.45) is 0 Å². The van der Waals surface area contributed by atoms with Crippen LogP contribution in [0.15, 0.2) is 41.5 Å². The minimum Gasteiger partial charge on any atom is -0.0844 e. The molecule has 0 atom stereocenters. The van der Waals surface area contributed by atoms with Crippen molar-refractivity contribution in [3.63, 3.8) is 0 Å². The fourth-order valence-corrected chi connectivity index (χ4v) is 1.72. The summed E-state index contributed by atoms with van der Waals surface area (Å²) in [5.41, 5.74) is 5.71. The first-order chi connectivity index (χ1) is 6.31. The third-order valence-corrected chi connectivity index (χ3v) is 2.71. The van der Waals surface area contributed by atoms with Gasteiger partial charge in [0.25, 0.3) is 0 Å². The first kappa shape index (κ1) is 8.31. The summed E-state index contributed by atoms with van der Waals surface area (Å²) in [6.07, 6.45) is 5.58. The minimum absolute atomic E-state index is 1.10. The van der Waals surface area contributed by atoms with E-state index in [1.54, 1.807) is 0 Å². The number of rotatable bonds is 1. The lowest BCUT2D eigenvalue weighted by Crippen LogP contribution is -1.85. The number of hydrogen-bond donors (Lipinski definition) is 0. The van der Waals surface area contributed by atoms with Crippen LogP contribution in [0.1, 0.15) is 25.0 Å². The van der Waals surface area contributed by atoms with Gasteiger partial charge in [-0.2, -0.15) is 0 Å². The number of fused-ring (bicyclic) bond motifs is 1. The molecule has 0 heteroatoms. The number of benzene rings is 1. The summed E-state index contributed by atoms with van der Waals surface area (Å²) < 4.78 is 0. The van der Waals surface area contributed by atoms with Crippen molar-refractivity contribution in [2.45, 2.75) is 20.3 Å². The van der Waals surface area contributed by atoms with Crippen LogP contribution in [0.5, 0.6) is 0 Å². The van der Waals surface area contributed by atoms with Gasteiger partial charge in [0.15, 0.2) is 0 Å². The molecule has 0 saturated heterocycles. The van der Waals surface area contributed by atoms with Crippen LogP contribution in [0.2, 0.25) is 0 Å². The second kappa shape index (κ2) is 3.21. The van der Waals surface area contributed by atoms with Gasteiger partial charge in [-0.1, -0.05) is 42.0 Å². The maximum Gasteiger partial charge on any atom is -0.00171 e. The van der Waals surface area contributed by atoms with Crippen molar-refractivity contribution in [1.29, 1.82) is 0 Å². The summed E-state index contributed by atoms with van der Waals surface area (Å²) in [4.78, 5) is 0. The third kappa shape index (κ3) is 1.44. The second-order valence-electron chi connectivity index (χ2n) is 3.52. The minimum atomic E-state index is 1.10. The summed E-state index contributed by atoms with van der Waals surface area (Å²) in [6.45, 7) is 4.27. The highest BCUT2D eigenvalue weighted by atomic mass is 14.2. The summed E-state index contributed by atoms with van der Waals surface area (Å²) in [6, 6.07) is 8.61. The van der Waals surface area contributed by atoms with Crippen LogP contribution in [0.25, 0.3) is 6.08 Å². The van der Waals surface area contributed by atoms with E-state index >= 15 is 0 Å². The second-order valence-corrected chi connectivity index (χ2v) is 3.52. The molecule has 0 saturated carbocycles. The summed E-state index contributed by atoms with van der Waals surface area (Å²) >= 11 is 0. The van der Waals surface area contributed by atoms with Gasteiger partial charge in [0.2, 0.25) is 0 Å². The maximum absolute atomic E-state index is 2.30. The lowest BCUT2D eigenvalue weighted by Gasteiger charge is -1.99. The Labute approximate surface area is 79.6 Å². The highest BCUT2D eigenvalue weighted by molar-refractivity contribution is 5.67. The van der Waals surface area contributed by atoms with E-state index in [-0.39, 0.29) is 0 Å². The fourth-order valence-electron chi connectivity index (χ4n) is 1.72. The van der Waals surface area contributed by atoms with Gasteiger partial charge in [0.1, 0.15) is 0 Å². The van der Waals surface area contributed by atoms with Gasteiger partial charge in [-0.25, -0.2) is 0 Å². The zero-order chi connectivity index (χ0) is 9.26.